The van der Waals surface area contributed by atoms with E-state index in [-0.39, 0.29) is 24.0 Å². The standard InChI is InChI=1S/C8H13N3O4S.ClH/c1-15-7(12)6(9)3-5-4-10-8(11-5)16(2,13)14;/h4,6H,3,9H2,1-2H3,(H,10,11);1H/t6-;/m0./s1. The van der Waals surface area contributed by atoms with Gasteiger partial charge >= 0.3 is 5.97 Å². The van der Waals surface area contributed by atoms with E-state index in [1.807, 2.05) is 0 Å². The van der Waals surface area contributed by atoms with Gasteiger partial charge in [-0.2, -0.15) is 0 Å². The number of carbonyl (C=O) groups excluding carboxylic acids is 1. The van der Waals surface area contributed by atoms with Gasteiger partial charge in [0.15, 0.2) is 0 Å². The number of ether oxygens (including phenoxy) is 1. The van der Waals surface area contributed by atoms with Crippen LogP contribution in [0.4, 0.5) is 0 Å². The van der Waals surface area contributed by atoms with Crippen LogP contribution in [0.2, 0.25) is 0 Å². The lowest BCUT2D eigenvalue weighted by atomic mass is 10.2. The fourth-order valence-corrected chi connectivity index (χ4v) is 1.66. The number of hydrogen-bond donors (Lipinski definition) is 2. The average Bonchev–Trinajstić information content (AvgIpc) is 2.64. The monoisotopic (exact) mass is 283 g/mol. The lowest BCUT2D eigenvalue weighted by Crippen LogP contribution is -2.33. The van der Waals surface area contributed by atoms with Crippen molar-refractivity contribution in [3.8, 4) is 0 Å². The van der Waals surface area contributed by atoms with Crippen LogP contribution >= 0.6 is 12.4 Å². The minimum Gasteiger partial charge on any atom is -0.468 e. The van der Waals surface area contributed by atoms with Gasteiger partial charge in [-0.25, -0.2) is 13.4 Å². The van der Waals surface area contributed by atoms with Gasteiger partial charge in [-0.05, 0) is 0 Å². The number of halogens is 1. The molecule has 0 aromatic carbocycles. The van der Waals surface area contributed by atoms with Crippen molar-refractivity contribution in [1.29, 1.82) is 0 Å². The normalized spacial score (nSPS) is 12.6. The molecule has 0 unspecified atom stereocenters. The summed E-state index contributed by atoms with van der Waals surface area (Å²) in [5.41, 5.74) is 5.98. The Morgan fingerprint density at radius 3 is 2.65 bits per heavy atom. The third-order valence-electron chi connectivity index (χ3n) is 1.90. The van der Waals surface area contributed by atoms with Crippen LogP contribution in [-0.2, 0) is 25.8 Å². The molecule has 9 heteroatoms. The fraction of sp³-hybridized carbons (Fsp3) is 0.500. The number of esters is 1. The first-order valence-corrected chi connectivity index (χ1v) is 6.31. The third kappa shape index (κ3) is 4.33. The molecule has 0 saturated carbocycles. The average molecular weight is 284 g/mol. The Balaban J connectivity index is 0.00000256. The molecule has 0 amide bonds. The van der Waals surface area contributed by atoms with Gasteiger partial charge in [-0.15, -0.1) is 12.4 Å². The highest BCUT2D eigenvalue weighted by Crippen LogP contribution is 2.06. The molecular formula is C8H14ClN3O4S. The number of nitrogens with two attached hydrogens (primary N) is 1. The van der Waals surface area contributed by atoms with Crippen molar-refractivity contribution in [2.24, 2.45) is 5.73 Å². The molecule has 0 fully saturated rings. The largest absolute Gasteiger partial charge is 0.468 e. The van der Waals surface area contributed by atoms with Crippen molar-refractivity contribution in [2.75, 3.05) is 13.4 Å². The summed E-state index contributed by atoms with van der Waals surface area (Å²) in [7, 11) is -2.13. The van der Waals surface area contributed by atoms with E-state index in [9.17, 15) is 13.2 Å². The maximum absolute atomic E-state index is 11.1. The highest BCUT2D eigenvalue weighted by Gasteiger charge is 2.17. The molecular weight excluding hydrogens is 270 g/mol. The van der Waals surface area contributed by atoms with E-state index in [0.29, 0.717) is 5.69 Å². The predicted octanol–water partition coefficient (Wildman–Crippen LogP) is -0.722. The molecule has 1 aromatic heterocycles. The number of aromatic nitrogens is 2. The SMILES string of the molecule is COC(=O)[C@@H](N)Cc1cnc(S(C)(=O)=O)[nH]1.Cl. The van der Waals surface area contributed by atoms with Crippen molar-refractivity contribution in [2.45, 2.75) is 17.6 Å². The summed E-state index contributed by atoms with van der Waals surface area (Å²) in [6.07, 6.45) is 2.52. The van der Waals surface area contributed by atoms with Crippen LogP contribution in [0.5, 0.6) is 0 Å². The molecule has 17 heavy (non-hydrogen) atoms. The quantitative estimate of drug-likeness (QED) is 0.705. The van der Waals surface area contributed by atoms with E-state index in [1.165, 1.54) is 13.3 Å². The maximum atomic E-state index is 11.1. The van der Waals surface area contributed by atoms with Crippen LogP contribution in [0, 0.1) is 0 Å². The number of carbonyl (C=O) groups is 1. The first-order chi connectivity index (χ1) is 7.34. The second-order valence-corrected chi connectivity index (χ2v) is 5.25. The summed E-state index contributed by atoms with van der Waals surface area (Å²) in [4.78, 5) is 17.3. The second kappa shape index (κ2) is 5.99. The van der Waals surface area contributed by atoms with Crippen molar-refractivity contribution >= 4 is 28.2 Å². The van der Waals surface area contributed by atoms with Crippen LogP contribution in [0.1, 0.15) is 5.69 Å². The Labute approximate surface area is 105 Å². The van der Waals surface area contributed by atoms with Gasteiger partial charge in [0.25, 0.3) is 0 Å². The number of sulfone groups is 1. The summed E-state index contributed by atoms with van der Waals surface area (Å²) >= 11 is 0. The van der Waals surface area contributed by atoms with Crippen LogP contribution in [-0.4, -0.2) is 43.8 Å². The lowest BCUT2D eigenvalue weighted by Gasteiger charge is -2.06. The molecule has 0 saturated heterocycles. The predicted molar refractivity (Wildman–Crippen MR) is 62.6 cm³/mol. The highest BCUT2D eigenvalue weighted by atomic mass is 35.5. The summed E-state index contributed by atoms with van der Waals surface area (Å²) in [6, 6.07) is -0.835. The highest BCUT2D eigenvalue weighted by molar-refractivity contribution is 7.90. The Kier molecular flexibility index (Phi) is 5.59. The van der Waals surface area contributed by atoms with Crippen molar-refractivity contribution < 1.29 is 17.9 Å². The zero-order valence-corrected chi connectivity index (χ0v) is 11.0. The summed E-state index contributed by atoms with van der Waals surface area (Å²) < 4.78 is 26.7. The number of methoxy groups -OCH3 is 1. The Hall–Kier alpha value is -1.12. The number of nitrogens with one attached hydrogen (secondary N) is 1. The Morgan fingerprint density at radius 1 is 1.65 bits per heavy atom. The Morgan fingerprint density at radius 2 is 2.24 bits per heavy atom. The molecule has 1 heterocycles. The smallest absolute Gasteiger partial charge is 0.323 e. The zero-order chi connectivity index (χ0) is 12.3. The minimum atomic E-state index is -3.37. The van der Waals surface area contributed by atoms with Crippen molar-refractivity contribution in [3.63, 3.8) is 0 Å². The first-order valence-electron chi connectivity index (χ1n) is 4.42. The van der Waals surface area contributed by atoms with Gasteiger partial charge < -0.3 is 15.5 Å². The van der Waals surface area contributed by atoms with E-state index >= 15 is 0 Å². The minimum absolute atomic E-state index is 0. The number of H-pyrrole nitrogens is 1. The Bertz CT molecular complexity index is 485. The summed E-state index contributed by atoms with van der Waals surface area (Å²) in [5.74, 6) is -0.560. The summed E-state index contributed by atoms with van der Waals surface area (Å²) in [6.45, 7) is 0. The van der Waals surface area contributed by atoms with E-state index in [0.717, 1.165) is 6.26 Å². The first kappa shape index (κ1) is 15.9. The van der Waals surface area contributed by atoms with Gasteiger partial charge in [-0.3, -0.25) is 4.79 Å². The molecule has 0 aliphatic heterocycles. The van der Waals surface area contributed by atoms with Gasteiger partial charge in [0.05, 0.1) is 7.11 Å². The van der Waals surface area contributed by atoms with Crippen LogP contribution < -0.4 is 5.73 Å². The molecule has 0 bridgehead atoms. The number of aromatic amines is 1. The van der Waals surface area contributed by atoms with Crippen LogP contribution in [0.3, 0.4) is 0 Å². The maximum Gasteiger partial charge on any atom is 0.323 e. The molecule has 0 spiro atoms. The number of imidazole rings is 1. The molecule has 7 nitrogen and oxygen atoms in total. The number of nitrogens with zero attached hydrogens (tertiary/aromatic N) is 1. The van der Waals surface area contributed by atoms with Gasteiger partial charge in [0.2, 0.25) is 15.0 Å². The van der Waals surface area contributed by atoms with Gasteiger partial charge in [0, 0.05) is 24.6 Å². The topological polar surface area (TPSA) is 115 Å². The lowest BCUT2D eigenvalue weighted by molar-refractivity contribution is -0.142. The third-order valence-corrected chi connectivity index (χ3v) is 2.81. The van der Waals surface area contributed by atoms with E-state index in [1.54, 1.807) is 0 Å². The van der Waals surface area contributed by atoms with Gasteiger partial charge in [-0.1, -0.05) is 0 Å². The second-order valence-electron chi connectivity index (χ2n) is 3.32. The van der Waals surface area contributed by atoms with E-state index < -0.39 is 21.8 Å². The molecule has 0 radical (unpaired) electrons. The van der Waals surface area contributed by atoms with Gasteiger partial charge in [0.1, 0.15) is 6.04 Å². The van der Waals surface area contributed by atoms with Crippen molar-refractivity contribution in [3.05, 3.63) is 11.9 Å². The molecule has 0 aliphatic carbocycles. The number of hydrogen-bond acceptors (Lipinski definition) is 6. The molecule has 3 N–H and O–H groups in total. The zero-order valence-electron chi connectivity index (χ0n) is 9.34. The molecule has 98 valence electrons. The van der Waals surface area contributed by atoms with Crippen LogP contribution in [0.25, 0.3) is 0 Å². The molecule has 1 atom stereocenters. The molecule has 1 aromatic rings. The fourth-order valence-electron chi connectivity index (χ4n) is 1.10. The molecule has 0 aliphatic rings. The summed E-state index contributed by atoms with van der Waals surface area (Å²) in [5, 5.41) is -0.139. The van der Waals surface area contributed by atoms with Crippen LogP contribution in [0.15, 0.2) is 11.4 Å². The van der Waals surface area contributed by atoms with Crippen molar-refractivity contribution in [1.82, 2.24) is 9.97 Å². The number of rotatable bonds is 4. The van der Waals surface area contributed by atoms with E-state index in [4.69, 9.17) is 5.73 Å². The van der Waals surface area contributed by atoms with E-state index in [2.05, 4.69) is 14.7 Å². The molecule has 1 rings (SSSR count).